The molecule has 0 aromatic heterocycles. The van der Waals surface area contributed by atoms with E-state index < -0.39 is 5.60 Å². The van der Waals surface area contributed by atoms with Gasteiger partial charge in [-0.1, -0.05) is 13.5 Å². The highest BCUT2D eigenvalue weighted by Gasteiger charge is 2.59. The lowest BCUT2D eigenvalue weighted by Gasteiger charge is -2.57. The zero-order chi connectivity index (χ0) is 22.2. The zero-order valence-corrected chi connectivity index (χ0v) is 19.8. The van der Waals surface area contributed by atoms with Gasteiger partial charge in [0, 0.05) is 26.3 Å². The lowest BCUT2D eigenvalue weighted by atomic mass is 9.49. The number of hydrazone groups is 1. The van der Waals surface area contributed by atoms with Crippen molar-refractivity contribution in [2.75, 3.05) is 27.3 Å². The SMILES string of the molecule is C=C/C=N\N(C)CC(=O)[C@H]1CC[C@H]2[C@@H]3CC[C@@H]4C[C@@](O)(COC)CC[C@@H]4[C@H]3CC[C@]12C. The standard InChI is InChI=1S/C26H42N2O3/c1-5-14-27-28(3)16-24(29)23-9-8-22-21-7-6-18-15-26(30,17-31-4)13-11-19(18)20(21)10-12-25(22,23)2/h5,14,18-23,30H,1,6-13,15-17H2,2-4H3/b27-14-/t18-,19+,20-,21-,22+,23-,25+,26-/m1/s1. The molecule has 0 bridgehead atoms. The molecule has 4 fully saturated rings. The van der Waals surface area contributed by atoms with Gasteiger partial charge in [-0.25, -0.2) is 0 Å². The first-order valence-electron chi connectivity index (χ1n) is 12.4. The maximum Gasteiger partial charge on any atom is 0.157 e. The van der Waals surface area contributed by atoms with Crippen molar-refractivity contribution in [2.24, 2.45) is 46.0 Å². The van der Waals surface area contributed by atoms with Crippen LogP contribution < -0.4 is 0 Å². The smallest absolute Gasteiger partial charge is 0.157 e. The molecule has 0 aromatic carbocycles. The maximum atomic E-state index is 13.2. The predicted octanol–water partition coefficient (Wildman–Crippen LogP) is 4.31. The number of likely N-dealkylation sites (N-methyl/N-ethyl adjacent to an activating group) is 1. The lowest BCUT2D eigenvalue weighted by Crippen LogP contribution is -2.52. The third-order valence-corrected chi connectivity index (χ3v) is 9.66. The highest BCUT2D eigenvalue weighted by atomic mass is 16.5. The van der Waals surface area contributed by atoms with E-state index in [9.17, 15) is 9.90 Å². The van der Waals surface area contributed by atoms with Gasteiger partial charge >= 0.3 is 0 Å². The minimum absolute atomic E-state index is 0.152. The average Bonchev–Trinajstić information content (AvgIpc) is 3.09. The van der Waals surface area contributed by atoms with Crippen molar-refractivity contribution >= 4 is 12.0 Å². The van der Waals surface area contributed by atoms with Gasteiger partial charge in [0.15, 0.2) is 5.78 Å². The first kappa shape index (κ1) is 23.0. The summed E-state index contributed by atoms with van der Waals surface area (Å²) in [6.07, 6.45) is 13.4. The van der Waals surface area contributed by atoms with Crippen LogP contribution in [-0.4, -0.2) is 55.0 Å². The van der Waals surface area contributed by atoms with Gasteiger partial charge in [0.2, 0.25) is 0 Å². The number of nitrogens with zero attached hydrogens (tertiary/aromatic N) is 2. The molecule has 4 rings (SSSR count). The maximum absolute atomic E-state index is 13.2. The zero-order valence-electron chi connectivity index (χ0n) is 19.8. The fourth-order valence-electron chi connectivity index (χ4n) is 8.43. The van der Waals surface area contributed by atoms with Crippen LogP contribution in [0.2, 0.25) is 0 Å². The fraction of sp³-hybridized carbons (Fsp3) is 0.846. The molecule has 0 amide bonds. The van der Waals surface area contributed by atoms with E-state index in [1.54, 1.807) is 24.4 Å². The summed E-state index contributed by atoms with van der Waals surface area (Å²) in [4.78, 5) is 13.2. The van der Waals surface area contributed by atoms with Gasteiger partial charge in [-0.15, -0.1) is 0 Å². The molecule has 5 nitrogen and oxygen atoms in total. The molecule has 0 heterocycles. The van der Waals surface area contributed by atoms with Gasteiger partial charge in [-0.05, 0) is 98.9 Å². The van der Waals surface area contributed by atoms with E-state index in [1.807, 2.05) is 7.05 Å². The van der Waals surface area contributed by atoms with E-state index in [1.165, 1.54) is 32.1 Å². The number of carbonyl (C=O) groups excluding carboxylic acids is 1. The number of rotatable bonds is 7. The molecular formula is C26H42N2O3. The summed E-state index contributed by atoms with van der Waals surface area (Å²) in [6, 6.07) is 0. The number of ether oxygens (including phenoxy) is 1. The second kappa shape index (κ2) is 8.97. The Hall–Kier alpha value is -1.20. The van der Waals surface area contributed by atoms with Gasteiger partial charge in [0.25, 0.3) is 0 Å². The van der Waals surface area contributed by atoms with Crippen LogP contribution in [-0.2, 0) is 9.53 Å². The number of Topliss-reactive ketones (excluding diaryl/α,β-unsaturated/α-hetero) is 1. The fourth-order valence-corrected chi connectivity index (χ4v) is 8.43. The van der Waals surface area contributed by atoms with E-state index in [-0.39, 0.29) is 11.3 Å². The quantitative estimate of drug-likeness (QED) is 0.483. The van der Waals surface area contributed by atoms with Crippen LogP contribution >= 0.6 is 0 Å². The summed E-state index contributed by atoms with van der Waals surface area (Å²) >= 11 is 0. The van der Waals surface area contributed by atoms with Crippen LogP contribution in [0.1, 0.15) is 64.7 Å². The van der Waals surface area contributed by atoms with Crippen molar-refractivity contribution < 1.29 is 14.6 Å². The van der Waals surface area contributed by atoms with Gasteiger partial charge < -0.3 is 9.84 Å². The van der Waals surface area contributed by atoms with Gasteiger partial charge in [-0.2, -0.15) is 5.10 Å². The summed E-state index contributed by atoms with van der Waals surface area (Å²) < 4.78 is 5.33. The van der Waals surface area contributed by atoms with Crippen molar-refractivity contribution in [3.8, 4) is 0 Å². The van der Waals surface area contributed by atoms with Crippen LogP contribution in [0.3, 0.4) is 0 Å². The molecule has 4 aliphatic carbocycles. The highest BCUT2D eigenvalue weighted by Crippen LogP contribution is 2.64. The number of aliphatic hydroxyl groups is 1. The van der Waals surface area contributed by atoms with E-state index in [0.717, 1.165) is 43.4 Å². The predicted molar refractivity (Wildman–Crippen MR) is 124 cm³/mol. The normalized spacial score (nSPS) is 44.4. The van der Waals surface area contributed by atoms with Gasteiger partial charge in [-0.3, -0.25) is 9.80 Å². The Morgan fingerprint density at radius 1 is 1.16 bits per heavy atom. The Labute approximate surface area is 188 Å². The van der Waals surface area contributed by atoms with Crippen LogP contribution in [0, 0.1) is 40.9 Å². The second-order valence-electron chi connectivity index (χ2n) is 11.3. The monoisotopic (exact) mass is 430 g/mol. The van der Waals surface area contributed by atoms with E-state index in [0.29, 0.717) is 30.8 Å². The van der Waals surface area contributed by atoms with Crippen LogP contribution in [0.15, 0.2) is 17.8 Å². The largest absolute Gasteiger partial charge is 0.387 e. The summed E-state index contributed by atoms with van der Waals surface area (Å²) in [7, 11) is 3.57. The Morgan fingerprint density at radius 2 is 1.94 bits per heavy atom. The number of methoxy groups -OCH3 is 1. The minimum Gasteiger partial charge on any atom is -0.387 e. The lowest BCUT2D eigenvalue weighted by molar-refractivity contribution is -0.136. The molecule has 5 heteroatoms. The van der Waals surface area contributed by atoms with Crippen molar-refractivity contribution in [2.45, 2.75) is 70.3 Å². The van der Waals surface area contributed by atoms with Crippen LogP contribution in [0.25, 0.3) is 0 Å². The Bertz CT molecular complexity index is 709. The Balaban J connectivity index is 1.43. The molecule has 0 spiro atoms. The van der Waals surface area contributed by atoms with Crippen molar-refractivity contribution in [3.05, 3.63) is 12.7 Å². The number of fused-ring (bicyclic) bond motifs is 5. The molecule has 8 atom stereocenters. The first-order valence-corrected chi connectivity index (χ1v) is 12.4. The summed E-state index contributed by atoms with van der Waals surface area (Å²) in [5, 5.41) is 16.9. The summed E-state index contributed by atoms with van der Waals surface area (Å²) in [5.74, 6) is 4.19. The van der Waals surface area contributed by atoms with E-state index >= 15 is 0 Å². The molecule has 0 radical (unpaired) electrons. The molecule has 31 heavy (non-hydrogen) atoms. The number of allylic oxidation sites excluding steroid dienone is 1. The van der Waals surface area contributed by atoms with E-state index in [2.05, 4.69) is 18.6 Å². The average molecular weight is 431 g/mol. The van der Waals surface area contributed by atoms with Crippen molar-refractivity contribution in [1.29, 1.82) is 0 Å². The highest BCUT2D eigenvalue weighted by molar-refractivity contribution is 5.84. The second-order valence-corrected chi connectivity index (χ2v) is 11.3. The molecule has 4 aliphatic rings. The number of ketones is 1. The molecule has 1 N–H and O–H groups in total. The van der Waals surface area contributed by atoms with Crippen molar-refractivity contribution in [1.82, 2.24) is 5.01 Å². The number of hydrogen-bond donors (Lipinski definition) is 1. The molecule has 4 saturated carbocycles. The molecule has 0 unspecified atom stereocenters. The molecule has 0 aliphatic heterocycles. The van der Waals surface area contributed by atoms with E-state index in [4.69, 9.17) is 4.74 Å². The Morgan fingerprint density at radius 3 is 2.68 bits per heavy atom. The molecular weight excluding hydrogens is 388 g/mol. The first-order chi connectivity index (χ1) is 14.8. The third-order valence-electron chi connectivity index (χ3n) is 9.66. The topological polar surface area (TPSA) is 62.1 Å². The van der Waals surface area contributed by atoms with Gasteiger partial charge in [0.05, 0.1) is 18.8 Å². The number of carbonyl (C=O) groups is 1. The molecule has 174 valence electrons. The van der Waals surface area contributed by atoms with Crippen molar-refractivity contribution in [3.63, 3.8) is 0 Å². The third kappa shape index (κ3) is 4.25. The summed E-state index contributed by atoms with van der Waals surface area (Å²) in [6.45, 7) is 6.94. The number of hydrogen-bond acceptors (Lipinski definition) is 5. The van der Waals surface area contributed by atoms with Crippen LogP contribution in [0.5, 0.6) is 0 Å². The van der Waals surface area contributed by atoms with Gasteiger partial charge in [0.1, 0.15) is 0 Å². The van der Waals surface area contributed by atoms with Crippen LogP contribution in [0.4, 0.5) is 0 Å². The minimum atomic E-state index is -0.614. The molecule has 0 aromatic rings. The molecule has 0 saturated heterocycles. The summed E-state index contributed by atoms with van der Waals surface area (Å²) in [5.41, 5.74) is -0.462. The Kier molecular flexibility index (Phi) is 6.65.